The first-order valence-electron chi connectivity index (χ1n) is 12.5. The smallest absolute Gasteiger partial charge is 0.361 e. The second kappa shape index (κ2) is 11.5. The standard InChI is InChI=1S/C27H26BF5N4O3/c28-20-13-16(1-4-21(20)30)2-6-23(38)36-26(8-11-37(12-9-26)25(40)27(31,32)33)24(39)34-10-7-17-15-35-22-5-3-18(29)14-19(17)22/h1-6,13-15,35H,7-12,28H2,(H,34,39)(H,36,38)/b6-2+. The SMILES string of the molecule is Bc1cc(/C=C/C(=O)NC2(C(=O)NCCc3c[nH]c4ccc(F)cc34)CCN(C(=O)C(F)(F)F)CC2)ccc1F. The molecule has 1 fully saturated rings. The van der Waals surface area contributed by atoms with Gasteiger partial charge in [-0.1, -0.05) is 17.6 Å². The zero-order chi connectivity index (χ0) is 29.1. The van der Waals surface area contributed by atoms with E-state index < -0.39 is 54.2 Å². The van der Waals surface area contributed by atoms with Gasteiger partial charge in [0.05, 0.1) is 0 Å². The van der Waals surface area contributed by atoms with Gasteiger partial charge in [-0.3, -0.25) is 14.4 Å². The molecule has 1 aliphatic heterocycles. The molecule has 0 aliphatic carbocycles. The molecule has 3 N–H and O–H groups in total. The van der Waals surface area contributed by atoms with Crippen molar-refractivity contribution in [3.8, 4) is 0 Å². The summed E-state index contributed by atoms with van der Waals surface area (Å²) in [5.74, 6) is -4.12. The molecular formula is C27H26BF5N4O3. The van der Waals surface area contributed by atoms with Crippen LogP contribution in [0.1, 0.15) is 24.0 Å². The molecule has 2 heterocycles. The number of nitrogens with one attached hydrogen (secondary N) is 3. The Labute approximate surface area is 227 Å². The number of carbonyl (C=O) groups is 3. The predicted molar refractivity (Wildman–Crippen MR) is 141 cm³/mol. The highest BCUT2D eigenvalue weighted by Crippen LogP contribution is 2.27. The third-order valence-electron chi connectivity index (χ3n) is 6.96. The number of piperidine rings is 1. The minimum atomic E-state index is -5.06. The number of likely N-dealkylation sites (tertiary alicyclic amines) is 1. The van der Waals surface area contributed by atoms with E-state index in [4.69, 9.17) is 0 Å². The van der Waals surface area contributed by atoms with Crippen LogP contribution in [0.25, 0.3) is 17.0 Å². The largest absolute Gasteiger partial charge is 0.471 e. The molecule has 1 saturated heterocycles. The number of aromatic nitrogens is 1. The molecule has 13 heteroatoms. The van der Waals surface area contributed by atoms with Crippen molar-refractivity contribution in [1.29, 1.82) is 0 Å². The van der Waals surface area contributed by atoms with Crippen LogP contribution in [-0.4, -0.2) is 66.8 Å². The lowest BCUT2D eigenvalue weighted by atomic mass is 9.86. The van der Waals surface area contributed by atoms with Gasteiger partial charge in [0.25, 0.3) is 0 Å². The number of halogens is 5. The molecule has 0 radical (unpaired) electrons. The van der Waals surface area contributed by atoms with Gasteiger partial charge in [-0.15, -0.1) is 0 Å². The van der Waals surface area contributed by atoms with Crippen molar-refractivity contribution in [2.75, 3.05) is 19.6 Å². The average Bonchev–Trinajstić information content (AvgIpc) is 3.30. The number of hydrogen-bond acceptors (Lipinski definition) is 3. The number of amides is 3. The molecular weight excluding hydrogens is 534 g/mol. The number of H-pyrrole nitrogens is 1. The Balaban J connectivity index is 1.47. The number of fused-ring (bicyclic) bond motifs is 1. The highest BCUT2D eigenvalue weighted by molar-refractivity contribution is 6.32. The Morgan fingerprint density at radius 2 is 1.80 bits per heavy atom. The molecule has 0 atom stereocenters. The summed E-state index contributed by atoms with van der Waals surface area (Å²) in [6.07, 6.45) is -0.956. The topological polar surface area (TPSA) is 94.3 Å². The molecule has 1 aliphatic rings. The fourth-order valence-corrected chi connectivity index (χ4v) is 4.74. The zero-order valence-corrected chi connectivity index (χ0v) is 21.5. The first-order valence-corrected chi connectivity index (χ1v) is 12.5. The lowest BCUT2D eigenvalue weighted by Crippen LogP contribution is -2.64. The zero-order valence-electron chi connectivity index (χ0n) is 21.5. The minimum absolute atomic E-state index is 0.107. The van der Waals surface area contributed by atoms with E-state index in [2.05, 4.69) is 15.6 Å². The summed E-state index contributed by atoms with van der Waals surface area (Å²) in [6.45, 7) is -0.681. The third-order valence-corrected chi connectivity index (χ3v) is 6.96. The molecule has 3 amide bonds. The molecule has 7 nitrogen and oxygen atoms in total. The van der Waals surface area contributed by atoms with Gasteiger partial charge in [-0.05, 0) is 60.7 Å². The van der Waals surface area contributed by atoms with Crippen LogP contribution in [0, 0.1) is 11.6 Å². The van der Waals surface area contributed by atoms with Gasteiger partial charge in [-0.25, -0.2) is 8.78 Å². The summed E-state index contributed by atoms with van der Waals surface area (Å²) in [5.41, 5.74) is 0.799. The molecule has 40 heavy (non-hydrogen) atoms. The Hall–Kier alpha value is -4.16. The van der Waals surface area contributed by atoms with Gasteiger partial charge in [0.1, 0.15) is 25.0 Å². The van der Waals surface area contributed by atoms with E-state index >= 15 is 0 Å². The van der Waals surface area contributed by atoms with Gasteiger partial charge in [0.15, 0.2) is 0 Å². The molecule has 0 bridgehead atoms. The second-order valence-corrected chi connectivity index (χ2v) is 9.71. The van der Waals surface area contributed by atoms with Crippen molar-refractivity contribution in [2.45, 2.75) is 31.0 Å². The Kier molecular flexibility index (Phi) is 8.31. The van der Waals surface area contributed by atoms with Crippen molar-refractivity contribution >= 4 is 48.0 Å². The van der Waals surface area contributed by atoms with Crippen molar-refractivity contribution in [3.05, 3.63) is 71.4 Å². The summed E-state index contributed by atoms with van der Waals surface area (Å²) in [6, 6.07) is 8.52. The van der Waals surface area contributed by atoms with E-state index in [0.29, 0.717) is 27.7 Å². The van der Waals surface area contributed by atoms with E-state index in [-0.39, 0.29) is 19.4 Å². The molecule has 0 unspecified atom stereocenters. The van der Waals surface area contributed by atoms with Gasteiger partial charge in [0.2, 0.25) is 11.8 Å². The van der Waals surface area contributed by atoms with Crippen LogP contribution in [0.5, 0.6) is 0 Å². The molecule has 2 aromatic carbocycles. The first kappa shape index (κ1) is 28.8. The van der Waals surface area contributed by atoms with Crippen molar-refractivity contribution in [1.82, 2.24) is 20.5 Å². The van der Waals surface area contributed by atoms with Crippen molar-refractivity contribution < 1.29 is 36.3 Å². The molecule has 3 aromatic rings. The average molecular weight is 560 g/mol. The van der Waals surface area contributed by atoms with Crippen LogP contribution in [0.15, 0.2) is 48.7 Å². The van der Waals surface area contributed by atoms with Gasteiger partial charge >= 0.3 is 12.1 Å². The summed E-state index contributed by atoms with van der Waals surface area (Å²) < 4.78 is 66.1. The van der Waals surface area contributed by atoms with Gasteiger partial charge in [-0.2, -0.15) is 13.2 Å². The molecule has 210 valence electrons. The molecule has 4 rings (SSSR count). The van der Waals surface area contributed by atoms with E-state index in [9.17, 15) is 36.3 Å². The molecule has 0 saturated carbocycles. The van der Waals surface area contributed by atoms with Crippen LogP contribution in [-0.2, 0) is 20.8 Å². The van der Waals surface area contributed by atoms with Gasteiger partial charge in [0, 0.05) is 42.8 Å². The summed E-state index contributed by atoms with van der Waals surface area (Å²) in [5, 5.41) is 6.00. The van der Waals surface area contributed by atoms with E-state index in [1.807, 2.05) is 0 Å². The summed E-state index contributed by atoms with van der Waals surface area (Å²) in [4.78, 5) is 41.5. The predicted octanol–water partition coefficient (Wildman–Crippen LogP) is 2.12. The lowest BCUT2D eigenvalue weighted by molar-refractivity contribution is -0.187. The molecule has 0 spiro atoms. The lowest BCUT2D eigenvalue weighted by Gasteiger charge is -2.41. The maximum Gasteiger partial charge on any atom is 0.471 e. The van der Waals surface area contributed by atoms with Gasteiger partial charge < -0.3 is 20.5 Å². The number of nitrogens with zero attached hydrogens (tertiary/aromatic N) is 1. The fourth-order valence-electron chi connectivity index (χ4n) is 4.74. The third kappa shape index (κ3) is 6.52. The number of alkyl halides is 3. The number of carbonyl (C=O) groups excluding carboxylic acids is 3. The number of benzene rings is 2. The second-order valence-electron chi connectivity index (χ2n) is 9.71. The highest BCUT2D eigenvalue weighted by atomic mass is 19.4. The maximum absolute atomic E-state index is 13.7. The van der Waals surface area contributed by atoms with Crippen LogP contribution >= 0.6 is 0 Å². The van der Waals surface area contributed by atoms with E-state index in [1.54, 1.807) is 20.1 Å². The maximum atomic E-state index is 13.7. The number of rotatable bonds is 7. The Morgan fingerprint density at radius 3 is 2.48 bits per heavy atom. The van der Waals surface area contributed by atoms with E-state index in [0.717, 1.165) is 17.2 Å². The summed E-state index contributed by atoms with van der Waals surface area (Å²) >= 11 is 0. The highest BCUT2D eigenvalue weighted by Gasteiger charge is 2.48. The Bertz CT molecular complexity index is 1460. The van der Waals surface area contributed by atoms with Crippen molar-refractivity contribution in [2.24, 2.45) is 0 Å². The van der Waals surface area contributed by atoms with Crippen LogP contribution in [0.3, 0.4) is 0 Å². The molecule has 1 aromatic heterocycles. The van der Waals surface area contributed by atoms with E-state index in [1.165, 1.54) is 36.4 Å². The minimum Gasteiger partial charge on any atom is -0.361 e. The fraction of sp³-hybridized carbons (Fsp3) is 0.296. The first-order chi connectivity index (χ1) is 18.9. The van der Waals surface area contributed by atoms with Crippen LogP contribution in [0.4, 0.5) is 22.0 Å². The normalized spacial score (nSPS) is 15.4. The van der Waals surface area contributed by atoms with Crippen LogP contribution < -0.4 is 16.1 Å². The van der Waals surface area contributed by atoms with Crippen LogP contribution in [0.2, 0.25) is 0 Å². The monoisotopic (exact) mass is 560 g/mol. The van der Waals surface area contributed by atoms with Crippen molar-refractivity contribution in [3.63, 3.8) is 0 Å². The number of hydrogen-bond donors (Lipinski definition) is 3. The summed E-state index contributed by atoms with van der Waals surface area (Å²) in [7, 11) is 1.56. The number of aromatic amines is 1. The quantitative estimate of drug-likeness (QED) is 0.235. The Morgan fingerprint density at radius 1 is 1.07 bits per heavy atom.